The molecule has 1 aliphatic rings. The number of hydrogen-bond donors (Lipinski definition) is 1. The minimum absolute atomic E-state index is 0.412. The molecule has 0 amide bonds. The van der Waals surface area contributed by atoms with Crippen LogP contribution in [0.5, 0.6) is 0 Å². The van der Waals surface area contributed by atoms with E-state index < -0.39 is 22.4 Å². The van der Waals surface area contributed by atoms with Gasteiger partial charge in [0.25, 0.3) is 0 Å². The Morgan fingerprint density at radius 1 is 1.17 bits per heavy atom. The van der Waals surface area contributed by atoms with Gasteiger partial charge < -0.3 is 0 Å². The maximum absolute atomic E-state index is 13.3. The van der Waals surface area contributed by atoms with E-state index in [4.69, 9.17) is 5.14 Å². The highest BCUT2D eigenvalue weighted by Gasteiger charge is 2.25. The number of hydrogen-bond acceptors (Lipinski definition) is 1. The number of alkyl halides is 1. The average Bonchev–Trinajstić information content (AvgIpc) is 1.96. The molecule has 1 rings (SSSR count). The third-order valence-corrected chi connectivity index (χ3v) is 3.55. The molecule has 12 heavy (non-hydrogen) atoms. The first kappa shape index (κ1) is 10.1. The van der Waals surface area contributed by atoms with E-state index in [0.717, 1.165) is 25.7 Å². The quantitative estimate of drug-likeness (QED) is 0.676. The van der Waals surface area contributed by atoms with Crippen molar-refractivity contribution in [2.24, 2.45) is 5.14 Å². The van der Waals surface area contributed by atoms with Gasteiger partial charge in [-0.15, -0.1) is 0 Å². The smallest absolute Gasteiger partial charge is 0.116 e. The summed E-state index contributed by atoms with van der Waals surface area (Å²) in [5, 5.41) is 4.80. The van der Waals surface area contributed by atoms with Crippen LogP contribution in [0.25, 0.3) is 0 Å². The summed E-state index contributed by atoms with van der Waals surface area (Å²) in [4.78, 5) is 0. The molecule has 2 N–H and O–H groups in total. The molecule has 1 aliphatic carbocycles. The fourth-order valence-corrected chi connectivity index (χ4v) is 2.49. The number of nitrogens with two attached hydrogens (primary N) is 1. The summed E-state index contributed by atoms with van der Waals surface area (Å²) in [7, 11) is -1.48. The van der Waals surface area contributed by atoms with Crippen molar-refractivity contribution in [3.8, 4) is 0 Å². The van der Waals surface area contributed by atoms with Gasteiger partial charge in [-0.3, -0.25) is 5.14 Å². The summed E-state index contributed by atoms with van der Waals surface area (Å²) in [6.07, 6.45) is 4.38. The first-order valence-corrected chi connectivity index (χ1v) is 5.78. The summed E-state index contributed by atoms with van der Waals surface area (Å²) in [5.41, 5.74) is 0. The Balaban J connectivity index is 2.48. The van der Waals surface area contributed by atoms with Crippen molar-refractivity contribution in [1.82, 2.24) is 0 Å². The fraction of sp³-hybridized carbons (Fsp3) is 1.00. The number of halogens is 1. The number of rotatable bonds is 1. The van der Waals surface area contributed by atoms with Gasteiger partial charge in [-0.05, 0) is 12.8 Å². The van der Waals surface area contributed by atoms with Crippen molar-refractivity contribution < 1.29 is 8.60 Å². The molecule has 72 valence electrons. The summed E-state index contributed by atoms with van der Waals surface area (Å²) in [6.45, 7) is 0. The van der Waals surface area contributed by atoms with Crippen LogP contribution < -0.4 is 5.14 Å². The van der Waals surface area contributed by atoms with Gasteiger partial charge in [0.2, 0.25) is 0 Å². The molecule has 0 aromatic heterocycles. The van der Waals surface area contributed by atoms with E-state index in [0.29, 0.717) is 12.8 Å². The molecular formula is C8H16FNOS. The Bertz CT molecular complexity index is 165. The molecule has 1 fully saturated rings. The molecule has 0 spiro atoms. The lowest BCUT2D eigenvalue weighted by Crippen LogP contribution is -2.32. The van der Waals surface area contributed by atoms with Crippen LogP contribution in [0.15, 0.2) is 0 Å². The molecular weight excluding hydrogens is 177 g/mol. The molecule has 0 aromatic rings. The van der Waals surface area contributed by atoms with E-state index in [9.17, 15) is 8.60 Å². The predicted octanol–water partition coefficient (Wildman–Crippen LogP) is 1.67. The summed E-state index contributed by atoms with van der Waals surface area (Å²) in [6, 6.07) is 0. The third-order valence-electron chi connectivity index (χ3n) is 2.42. The Morgan fingerprint density at radius 3 is 2.33 bits per heavy atom. The highest BCUT2D eigenvalue weighted by Crippen LogP contribution is 2.22. The largest absolute Gasteiger partial charge is 0.251 e. The molecule has 0 saturated heterocycles. The SMILES string of the molecule is NS(=O)C1CCCCCCC1F. The van der Waals surface area contributed by atoms with Crippen molar-refractivity contribution in [2.75, 3.05) is 0 Å². The zero-order valence-corrected chi connectivity index (χ0v) is 7.99. The zero-order valence-electron chi connectivity index (χ0n) is 7.17. The standard InChI is InChI=1S/C8H16FNOS/c9-7-5-3-1-2-4-6-8(7)12(10)11/h7-8H,1-6,10H2. The van der Waals surface area contributed by atoms with Gasteiger partial charge in [-0.2, -0.15) is 0 Å². The minimum atomic E-state index is -1.48. The Morgan fingerprint density at radius 2 is 1.75 bits per heavy atom. The average molecular weight is 193 g/mol. The van der Waals surface area contributed by atoms with Crippen molar-refractivity contribution in [3.63, 3.8) is 0 Å². The maximum Gasteiger partial charge on any atom is 0.116 e. The van der Waals surface area contributed by atoms with Crippen LogP contribution in [0.1, 0.15) is 38.5 Å². The Labute approximate surface area is 75.3 Å². The van der Waals surface area contributed by atoms with Gasteiger partial charge in [-0.25, -0.2) is 8.60 Å². The third kappa shape index (κ3) is 2.83. The first-order valence-electron chi connectivity index (χ1n) is 4.51. The summed E-state index contributed by atoms with van der Waals surface area (Å²) in [5.74, 6) is 0. The van der Waals surface area contributed by atoms with E-state index >= 15 is 0 Å². The van der Waals surface area contributed by atoms with E-state index in [1.54, 1.807) is 0 Å². The van der Waals surface area contributed by atoms with E-state index in [1.807, 2.05) is 0 Å². The zero-order chi connectivity index (χ0) is 8.97. The van der Waals surface area contributed by atoms with Gasteiger partial charge in [-0.1, -0.05) is 25.7 Å². The highest BCUT2D eigenvalue weighted by molar-refractivity contribution is 7.83. The molecule has 2 nitrogen and oxygen atoms in total. The molecule has 0 heterocycles. The molecule has 0 aromatic carbocycles. The van der Waals surface area contributed by atoms with Crippen LogP contribution in [0.3, 0.4) is 0 Å². The van der Waals surface area contributed by atoms with Gasteiger partial charge in [0, 0.05) is 0 Å². The second-order valence-electron chi connectivity index (χ2n) is 3.37. The molecule has 1 saturated carbocycles. The first-order chi connectivity index (χ1) is 5.72. The van der Waals surface area contributed by atoms with Crippen LogP contribution >= 0.6 is 0 Å². The van der Waals surface area contributed by atoms with Gasteiger partial charge in [0.05, 0.1) is 16.2 Å². The van der Waals surface area contributed by atoms with Crippen LogP contribution in [0, 0.1) is 0 Å². The van der Waals surface area contributed by atoms with Crippen LogP contribution in [-0.4, -0.2) is 15.6 Å². The van der Waals surface area contributed by atoms with E-state index in [2.05, 4.69) is 0 Å². The fourth-order valence-electron chi connectivity index (χ4n) is 1.67. The summed E-state index contributed by atoms with van der Waals surface area (Å²) >= 11 is 0. The maximum atomic E-state index is 13.3. The van der Waals surface area contributed by atoms with Crippen LogP contribution in [0.4, 0.5) is 4.39 Å². The molecule has 3 unspecified atom stereocenters. The molecule has 0 bridgehead atoms. The van der Waals surface area contributed by atoms with Crippen molar-refractivity contribution in [3.05, 3.63) is 0 Å². The van der Waals surface area contributed by atoms with E-state index in [-0.39, 0.29) is 0 Å². The summed E-state index contributed by atoms with van der Waals surface area (Å²) < 4.78 is 24.2. The van der Waals surface area contributed by atoms with Crippen LogP contribution in [-0.2, 0) is 11.0 Å². The van der Waals surface area contributed by atoms with Gasteiger partial charge in [0.15, 0.2) is 0 Å². The normalized spacial score (nSPS) is 35.2. The Hall–Kier alpha value is 0.0400. The Kier molecular flexibility index (Phi) is 4.15. The second-order valence-corrected chi connectivity index (χ2v) is 4.64. The van der Waals surface area contributed by atoms with Gasteiger partial charge >= 0.3 is 0 Å². The predicted molar refractivity (Wildman–Crippen MR) is 48.7 cm³/mol. The lowest BCUT2D eigenvalue weighted by atomic mass is 9.99. The van der Waals surface area contributed by atoms with Gasteiger partial charge in [0.1, 0.15) is 6.17 Å². The van der Waals surface area contributed by atoms with Crippen molar-refractivity contribution in [1.29, 1.82) is 0 Å². The molecule has 3 atom stereocenters. The monoisotopic (exact) mass is 193 g/mol. The van der Waals surface area contributed by atoms with Crippen molar-refractivity contribution in [2.45, 2.75) is 49.9 Å². The van der Waals surface area contributed by atoms with Crippen LogP contribution in [0.2, 0.25) is 0 Å². The highest BCUT2D eigenvalue weighted by atomic mass is 32.2. The lowest BCUT2D eigenvalue weighted by Gasteiger charge is -2.20. The topological polar surface area (TPSA) is 43.1 Å². The lowest BCUT2D eigenvalue weighted by molar-refractivity contribution is 0.272. The molecule has 4 heteroatoms. The van der Waals surface area contributed by atoms with Crippen molar-refractivity contribution >= 4 is 11.0 Å². The minimum Gasteiger partial charge on any atom is -0.251 e. The molecule has 0 aliphatic heterocycles. The molecule has 0 radical (unpaired) electrons. The second kappa shape index (κ2) is 4.92. The van der Waals surface area contributed by atoms with E-state index in [1.165, 1.54) is 0 Å².